The zero-order chi connectivity index (χ0) is 18.8. The molecular weight excluding hydrogens is 367 g/mol. The Morgan fingerprint density at radius 1 is 1.16 bits per heavy atom. The molecule has 0 spiro atoms. The smallest absolute Gasteiger partial charge is 0.260 e. The average molecular weight is 385 g/mol. The third-order valence-electron chi connectivity index (χ3n) is 3.71. The van der Waals surface area contributed by atoms with Crippen LogP contribution in [0.2, 0.25) is 5.02 Å². The minimum atomic E-state index is -3.61. The quantitative estimate of drug-likeness (QED) is 0.853. The Labute approximate surface area is 151 Å². The van der Waals surface area contributed by atoms with Gasteiger partial charge in [0.1, 0.15) is 5.82 Å². The number of nitrogens with zero attached hydrogens (tertiary/aromatic N) is 1. The van der Waals surface area contributed by atoms with E-state index in [0.29, 0.717) is 5.69 Å². The maximum absolute atomic E-state index is 13.8. The number of sulfonamides is 1. The maximum Gasteiger partial charge on any atom is 0.260 e. The van der Waals surface area contributed by atoms with Gasteiger partial charge in [0, 0.05) is 18.8 Å². The molecule has 0 saturated heterocycles. The standard InChI is InChI=1S/C17H18ClFN2O3S/c1-11(2)21(3)25(23,24)13-9-7-12(8-10-13)20-17(22)16-14(18)5-4-6-15(16)19/h4-11H,1-3H3,(H,20,22). The van der Waals surface area contributed by atoms with Crippen molar-refractivity contribution in [3.63, 3.8) is 0 Å². The van der Waals surface area contributed by atoms with E-state index in [0.717, 1.165) is 6.07 Å². The van der Waals surface area contributed by atoms with Gasteiger partial charge in [0.05, 0.1) is 15.5 Å². The molecule has 0 heterocycles. The van der Waals surface area contributed by atoms with Gasteiger partial charge in [-0.2, -0.15) is 4.31 Å². The zero-order valence-corrected chi connectivity index (χ0v) is 15.5. The molecule has 0 atom stereocenters. The number of carbonyl (C=O) groups is 1. The Kier molecular flexibility index (Phi) is 5.82. The number of hydrogen-bond donors (Lipinski definition) is 1. The van der Waals surface area contributed by atoms with E-state index < -0.39 is 21.7 Å². The van der Waals surface area contributed by atoms with Crippen molar-refractivity contribution >= 4 is 33.2 Å². The second-order valence-electron chi connectivity index (χ2n) is 5.69. The Balaban J connectivity index is 2.23. The number of rotatable bonds is 5. The Bertz CT molecular complexity index is 863. The molecule has 2 aromatic rings. The van der Waals surface area contributed by atoms with E-state index in [-0.39, 0.29) is 21.5 Å². The number of benzene rings is 2. The van der Waals surface area contributed by atoms with Crippen LogP contribution in [0.3, 0.4) is 0 Å². The van der Waals surface area contributed by atoms with Crippen molar-refractivity contribution in [2.75, 3.05) is 12.4 Å². The highest BCUT2D eigenvalue weighted by Gasteiger charge is 2.23. The fraction of sp³-hybridized carbons (Fsp3) is 0.235. The summed E-state index contributed by atoms with van der Waals surface area (Å²) < 4.78 is 39.8. The van der Waals surface area contributed by atoms with E-state index in [1.165, 1.54) is 47.8 Å². The molecule has 2 aromatic carbocycles. The van der Waals surface area contributed by atoms with Crippen LogP contribution < -0.4 is 5.32 Å². The summed E-state index contributed by atoms with van der Waals surface area (Å²) in [7, 11) is -2.11. The zero-order valence-electron chi connectivity index (χ0n) is 14.0. The monoisotopic (exact) mass is 384 g/mol. The number of nitrogens with one attached hydrogen (secondary N) is 1. The van der Waals surface area contributed by atoms with Gasteiger partial charge >= 0.3 is 0 Å². The molecule has 0 bridgehead atoms. The summed E-state index contributed by atoms with van der Waals surface area (Å²) in [5.74, 6) is -1.44. The third kappa shape index (κ3) is 4.18. The van der Waals surface area contributed by atoms with E-state index in [1.807, 2.05) is 0 Å². The molecule has 5 nitrogen and oxygen atoms in total. The molecule has 0 aliphatic carbocycles. The molecule has 0 unspecified atom stereocenters. The third-order valence-corrected chi connectivity index (χ3v) is 6.07. The van der Waals surface area contributed by atoms with E-state index >= 15 is 0 Å². The summed E-state index contributed by atoms with van der Waals surface area (Å²) in [6, 6.07) is 9.41. The number of carbonyl (C=O) groups excluding carboxylic acids is 1. The highest BCUT2D eigenvalue weighted by Crippen LogP contribution is 2.22. The van der Waals surface area contributed by atoms with E-state index in [9.17, 15) is 17.6 Å². The Morgan fingerprint density at radius 3 is 2.28 bits per heavy atom. The first kappa shape index (κ1) is 19.4. The normalized spacial score (nSPS) is 11.8. The topological polar surface area (TPSA) is 66.5 Å². The molecule has 1 amide bonds. The molecule has 1 N–H and O–H groups in total. The Morgan fingerprint density at radius 2 is 1.76 bits per heavy atom. The lowest BCUT2D eigenvalue weighted by molar-refractivity contribution is 0.102. The lowest BCUT2D eigenvalue weighted by atomic mass is 10.2. The molecule has 2 rings (SSSR count). The van der Waals surface area contributed by atoms with Crippen LogP contribution in [0.25, 0.3) is 0 Å². The van der Waals surface area contributed by atoms with Crippen LogP contribution in [0.5, 0.6) is 0 Å². The molecule has 0 radical (unpaired) electrons. The van der Waals surface area contributed by atoms with Gasteiger partial charge in [-0.3, -0.25) is 4.79 Å². The van der Waals surface area contributed by atoms with Gasteiger partial charge in [0.25, 0.3) is 5.91 Å². The van der Waals surface area contributed by atoms with Gasteiger partial charge in [-0.15, -0.1) is 0 Å². The number of anilines is 1. The summed E-state index contributed by atoms with van der Waals surface area (Å²) >= 11 is 5.85. The van der Waals surface area contributed by atoms with Crippen LogP contribution >= 0.6 is 11.6 Å². The van der Waals surface area contributed by atoms with E-state index in [4.69, 9.17) is 11.6 Å². The highest BCUT2D eigenvalue weighted by molar-refractivity contribution is 7.89. The minimum Gasteiger partial charge on any atom is -0.322 e. The molecule has 8 heteroatoms. The van der Waals surface area contributed by atoms with Crippen molar-refractivity contribution in [1.82, 2.24) is 4.31 Å². The molecule has 0 aromatic heterocycles. The van der Waals surface area contributed by atoms with Crippen molar-refractivity contribution in [2.45, 2.75) is 24.8 Å². The molecule has 134 valence electrons. The Hall–Kier alpha value is -1.96. The summed E-state index contributed by atoms with van der Waals surface area (Å²) in [6.45, 7) is 3.54. The number of halogens is 2. The minimum absolute atomic E-state index is 0.00439. The second kappa shape index (κ2) is 7.51. The molecule has 0 aliphatic heterocycles. The van der Waals surface area contributed by atoms with Gasteiger partial charge in [0.15, 0.2) is 0 Å². The molecule has 0 saturated carbocycles. The van der Waals surface area contributed by atoms with Crippen LogP contribution in [0.1, 0.15) is 24.2 Å². The van der Waals surface area contributed by atoms with Gasteiger partial charge in [0.2, 0.25) is 10.0 Å². The van der Waals surface area contributed by atoms with Gasteiger partial charge < -0.3 is 5.32 Å². The van der Waals surface area contributed by atoms with Crippen molar-refractivity contribution < 1.29 is 17.6 Å². The van der Waals surface area contributed by atoms with Gasteiger partial charge in [-0.25, -0.2) is 12.8 Å². The van der Waals surface area contributed by atoms with Crippen LogP contribution in [-0.4, -0.2) is 31.7 Å². The molecule has 0 fully saturated rings. The summed E-state index contributed by atoms with van der Waals surface area (Å²) in [5.41, 5.74) is 0.0656. The number of hydrogen-bond acceptors (Lipinski definition) is 3. The summed E-state index contributed by atoms with van der Waals surface area (Å²) in [4.78, 5) is 12.3. The lowest BCUT2D eigenvalue weighted by Gasteiger charge is -2.21. The first-order valence-corrected chi connectivity index (χ1v) is 9.30. The highest BCUT2D eigenvalue weighted by atomic mass is 35.5. The van der Waals surface area contributed by atoms with E-state index in [2.05, 4.69) is 5.32 Å². The molecular formula is C17H18ClFN2O3S. The van der Waals surface area contributed by atoms with Gasteiger partial charge in [-0.05, 0) is 50.2 Å². The first-order valence-electron chi connectivity index (χ1n) is 7.48. The fourth-order valence-electron chi connectivity index (χ4n) is 2.06. The second-order valence-corrected chi connectivity index (χ2v) is 8.09. The predicted molar refractivity (Wildman–Crippen MR) is 95.9 cm³/mol. The lowest BCUT2D eigenvalue weighted by Crippen LogP contribution is -2.33. The van der Waals surface area contributed by atoms with Gasteiger partial charge in [-0.1, -0.05) is 17.7 Å². The van der Waals surface area contributed by atoms with Crippen LogP contribution in [0.4, 0.5) is 10.1 Å². The average Bonchev–Trinajstić information content (AvgIpc) is 2.54. The van der Waals surface area contributed by atoms with Crippen LogP contribution in [-0.2, 0) is 10.0 Å². The van der Waals surface area contributed by atoms with Crippen molar-refractivity contribution in [1.29, 1.82) is 0 Å². The summed E-state index contributed by atoms with van der Waals surface area (Å²) in [5, 5.41) is 2.49. The summed E-state index contributed by atoms with van der Waals surface area (Å²) in [6.07, 6.45) is 0. The van der Waals surface area contributed by atoms with Crippen LogP contribution in [0.15, 0.2) is 47.4 Å². The van der Waals surface area contributed by atoms with Crippen LogP contribution in [0, 0.1) is 5.82 Å². The van der Waals surface area contributed by atoms with Crippen molar-refractivity contribution in [3.8, 4) is 0 Å². The van der Waals surface area contributed by atoms with Crippen molar-refractivity contribution in [2.24, 2.45) is 0 Å². The predicted octanol–water partition coefficient (Wildman–Crippen LogP) is 3.76. The largest absolute Gasteiger partial charge is 0.322 e. The maximum atomic E-state index is 13.8. The van der Waals surface area contributed by atoms with E-state index in [1.54, 1.807) is 13.8 Å². The van der Waals surface area contributed by atoms with Crippen molar-refractivity contribution in [3.05, 3.63) is 58.9 Å². The molecule has 0 aliphatic rings. The number of amides is 1. The fourth-order valence-corrected chi connectivity index (χ4v) is 3.68. The SMILES string of the molecule is CC(C)N(C)S(=O)(=O)c1ccc(NC(=O)c2c(F)cccc2Cl)cc1. The molecule has 25 heavy (non-hydrogen) atoms. The first-order chi connectivity index (χ1) is 11.6.